The molecule has 28 heavy (non-hydrogen) atoms. The molecule has 0 spiro atoms. The van der Waals surface area contributed by atoms with Crippen LogP contribution in [0.4, 0.5) is 0 Å². The SMILES string of the molecule is C[C@H]1CN(C(=O)[C@H](N)Cc2ccccc2)Cc2nnc(C3CCOCC3)n21.Cl. The first-order valence-corrected chi connectivity index (χ1v) is 9.73. The number of benzene rings is 1. The summed E-state index contributed by atoms with van der Waals surface area (Å²) >= 11 is 0. The molecule has 7 nitrogen and oxygen atoms in total. The Morgan fingerprint density at radius 3 is 2.68 bits per heavy atom. The van der Waals surface area contributed by atoms with Crippen LogP contribution in [-0.4, -0.2) is 51.4 Å². The minimum Gasteiger partial charge on any atom is -0.381 e. The summed E-state index contributed by atoms with van der Waals surface area (Å²) in [4.78, 5) is 14.7. The maximum absolute atomic E-state index is 12.9. The van der Waals surface area contributed by atoms with Gasteiger partial charge in [-0.15, -0.1) is 22.6 Å². The molecule has 2 atom stereocenters. The lowest BCUT2D eigenvalue weighted by atomic mass is 9.98. The zero-order valence-electron chi connectivity index (χ0n) is 16.2. The summed E-state index contributed by atoms with van der Waals surface area (Å²) in [6.07, 6.45) is 2.51. The Morgan fingerprint density at radius 1 is 1.25 bits per heavy atom. The zero-order valence-corrected chi connectivity index (χ0v) is 17.0. The molecule has 1 amide bonds. The quantitative estimate of drug-likeness (QED) is 0.841. The third-order valence-electron chi connectivity index (χ3n) is 5.56. The molecule has 4 rings (SSSR count). The molecule has 0 aliphatic carbocycles. The van der Waals surface area contributed by atoms with Gasteiger partial charge in [0.05, 0.1) is 18.6 Å². The minimum atomic E-state index is -0.538. The lowest BCUT2D eigenvalue weighted by molar-refractivity contribution is -0.134. The van der Waals surface area contributed by atoms with Gasteiger partial charge in [-0.05, 0) is 31.7 Å². The maximum atomic E-state index is 12.9. The molecule has 0 unspecified atom stereocenters. The molecule has 0 saturated carbocycles. The Bertz CT molecular complexity index is 791. The molecule has 0 radical (unpaired) electrons. The van der Waals surface area contributed by atoms with E-state index in [4.69, 9.17) is 10.5 Å². The lowest BCUT2D eigenvalue weighted by Gasteiger charge is -2.35. The molecule has 2 aliphatic rings. The fraction of sp³-hybridized carbons (Fsp3) is 0.550. The van der Waals surface area contributed by atoms with Crippen molar-refractivity contribution in [1.82, 2.24) is 19.7 Å². The number of carbonyl (C=O) groups is 1. The van der Waals surface area contributed by atoms with Crippen LogP contribution in [-0.2, 0) is 22.5 Å². The van der Waals surface area contributed by atoms with Crippen LogP contribution in [0.3, 0.4) is 0 Å². The third kappa shape index (κ3) is 4.21. The van der Waals surface area contributed by atoms with Gasteiger partial charge in [0.25, 0.3) is 0 Å². The summed E-state index contributed by atoms with van der Waals surface area (Å²) < 4.78 is 7.69. The molecule has 152 valence electrons. The van der Waals surface area contributed by atoms with Gasteiger partial charge in [0.15, 0.2) is 5.82 Å². The van der Waals surface area contributed by atoms with E-state index in [-0.39, 0.29) is 24.4 Å². The van der Waals surface area contributed by atoms with E-state index in [1.807, 2.05) is 35.2 Å². The molecule has 1 aromatic heterocycles. The molecule has 8 heteroatoms. The van der Waals surface area contributed by atoms with Gasteiger partial charge in [0, 0.05) is 25.7 Å². The molecule has 1 aromatic carbocycles. The predicted octanol–water partition coefficient (Wildman–Crippen LogP) is 2.07. The van der Waals surface area contributed by atoms with Crippen LogP contribution in [0, 0.1) is 0 Å². The van der Waals surface area contributed by atoms with E-state index in [2.05, 4.69) is 21.7 Å². The molecule has 1 fully saturated rings. The second-order valence-electron chi connectivity index (χ2n) is 7.60. The molecule has 2 aromatic rings. The van der Waals surface area contributed by atoms with Crippen molar-refractivity contribution >= 4 is 18.3 Å². The highest BCUT2D eigenvalue weighted by atomic mass is 35.5. The van der Waals surface area contributed by atoms with Crippen LogP contribution in [0.2, 0.25) is 0 Å². The van der Waals surface area contributed by atoms with Crippen LogP contribution in [0.15, 0.2) is 30.3 Å². The summed E-state index contributed by atoms with van der Waals surface area (Å²) in [5.41, 5.74) is 7.30. The maximum Gasteiger partial charge on any atom is 0.240 e. The van der Waals surface area contributed by atoms with Crippen LogP contribution < -0.4 is 5.73 Å². The highest BCUT2D eigenvalue weighted by Gasteiger charge is 2.33. The standard InChI is InChI=1S/C20H27N5O2.ClH/c1-14-12-24(20(26)17(21)11-15-5-3-2-4-6-15)13-18-22-23-19(25(14)18)16-7-9-27-10-8-16;/h2-6,14,16-17H,7-13,21H2,1H3;1H/t14-,17+;/m0./s1. The highest BCUT2D eigenvalue weighted by Crippen LogP contribution is 2.31. The molecule has 0 bridgehead atoms. The molecular weight excluding hydrogens is 378 g/mol. The van der Waals surface area contributed by atoms with E-state index in [1.165, 1.54) is 0 Å². The number of ether oxygens (including phenoxy) is 1. The molecule has 2 aliphatic heterocycles. The van der Waals surface area contributed by atoms with Crippen molar-refractivity contribution in [3.8, 4) is 0 Å². The Balaban J connectivity index is 0.00000225. The molecule has 2 N–H and O–H groups in total. The van der Waals surface area contributed by atoms with Crippen LogP contribution in [0.1, 0.15) is 48.9 Å². The second-order valence-corrected chi connectivity index (χ2v) is 7.60. The van der Waals surface area contributed by atoms with Crippen molar-refractivity contribution in [1.29, 1.82) is 0 Å². The number of rotatable bonds is 4. The average Bonchev–Trinajstić information content (AvgIpc) is 3.13. The number of amides is 1. The Morgan fingerprint density at radius 2 is 1.96 bits per heavy atom. The third-order valence-corrected chi connectivity index (χ3v) is 5.56. The monoisotopic (exact) mass is 405 g/mol. The molecule has 3 heterocycles. The average molecular weight is 406 g/mol. The number of hydrogen-bond acceptors (Lipinski definition) is 5. The van der Waals surface area contributed by atoms with Gasteiger partial charge >= 0.3 is 0 Å². The number of halogens is 1. The van der Waals surface area contributed by atoms with Crippen molar-refractivity contribution < 1.29 is 9.53 Å². The minimum absolute atomic E-state index is 0. The second kappa shape index (κ2) is 9.03. The lowest BCUT2D eigenvalue weighted by Crippen LogP contribution is -2.49. The van der Waals surface area contributed by atoms with Crippen molar-refractivity contribution in [3.05, 3.63) is 47.5 Å². The topological polar surface area (TPSA) is 86.3 Å². The fourth-order valence-electron chi connectivity index (χ4n) is 4.15. The van der Waals surface area contributed by atoms with Gasteiger partial charge < -0.3 is 19.9 Å². The van der Waals surface area contributed by atoms with Gasteiger partial charge in [-0.25, -0.2) is 0 Å². The number of aromatic nitrogens is 3. The normalized spacial score (nSPS) is 20.9. The van der Waals surface area contributed by atoms with Gasteiger partial charge in [0.2, 0.25) is 5.91 Å². The van der Waals surface area contributed by atoms with Gasteiger partial charge in [-0.2, -0.15) is 0 Å². The van der Waals surface area contributed by atoms with Crippen molar-refractivity contribution in [2.75, 3.05) is 19.8 Å². The number of carbonyl (C=O) groups excluding carboxylic acids is 1. The van der Waals surface area contributed by atoms with E-state index in [1.54, 1.807) is 0 Å². The summed E-state index contributed by atoms with van der Waals surface area (Å²) in [6, 6.07) is 9.52. The Hall–Kier alpha value is -1.96. The van der Waals surface area contributed by atoms with E-state index in [0.29, 0.717) is 25.4 Å². The zero-order chi connectivity index (χ0) is 18.8. The first kappa shape index (κ1) is 20.8. The first-order chi connectivity index (χ1) is 13.1. The van der Waals surface area contributed by atoms with Crippen molar-refractivity contribution in [3.63, 3.8) is 0 Å². The highest BCUT2D eigenvalue weighted by molar-refractivity contribution is 5.85. The van der Waals surface area contributed by atoms with Gasteiger partial charge in [0.1, 0.15) is 5.82 Å². The van der Waals surface area contributed by atoms with Gasteiger partial charge in [-0.1, -0.05) is 30.3 Å². The largest absolute Gasteiger partial charge is 0.381 e. The van der Waals surface area contributed by atoms with E-state index >= 15 is 0 Å². The Labute approximate surface area is 171 Å². The van der Waals surface area contributed by atoms with E-state index in [9.17, 15) is 4.79 Å². The van der Waals surface area contributed by atoms with Crippen molar-refractivity contribution in [2.45, 2.75) is 50.7 Å². The van der Waals surface area contributed by atoms with Crippen LogP contribution in [0.5, 0.6) is 0 Å². The summed E-state index contributed by atoms with van der Waals surface area (Å²) in [7, 11) is 0. The number of nitrogens with zero attached hydrogens (tertiary/aromatic N) is 4. The smallest absolute Gasteiger partial charge is 0.240 e. The summed E-state index contributed by atoms with van der Waals surface area (Å²) in [6.45, 7) is 4.79. The van der Waals surface area contributed by atoms with Crippen molar-refractivity contribution in [2.24, 2.45) is 5.73 Å². The first-order valence-electron chi connectivity index (χ1n) is 9.73. The number of nitrogens with two attached hydrogens (primary N) is 1. The number of fused-ring (bicyclic) bond motifs is 1. The fourth-order valence-corrected chi connectivity index (χ4v) is 4.15. The Kier molecular flexibility index (Phi) is 6.69. The molecular formula is C20H28ClN5O2. The summed E-state index contributed by atoms with van der Waals surface area (Å²) in [5, 5.41) is 8.86. The van der Waals surface area contributed by atoms with Gasteiger partial charge in [-0.3, -0.25) is 4.79 Å². The predicted molar refractivity (Wildman–Crippen MR) is 108 cm³/mol. The van der Waals surface area contributed by atoms with E-state index < -0.39 is 6.04 Å². The van der Waals surface area contributed by atoms with Crippen LogP contribution >= 0.6 is 12.4 Å². The molecule has 1 saturated heterocycles. The summed E-state index contributed by atoms with van der Waals surface area (Å²) in [5.74, 6) is 2.27. The van der Waals surface area contributed by atoms with Crippen LogP contribution in [0.25, 0.3) is 0 Å². The van der Waals surface area contributed by atoms with E-state index in [0.717, 1.165) is 43.3 Å². The number of hydrogen-bond donors (Lipinski definition) is 1.